The van der Waals surface area contributed by atoms with Gasteiger partial charge in [0, 0.05) is 57.5 Å². The van der Waals surface area contributed by atoms with Gasteiger partial charge >= 0.3 is 0 Å². The van der Waals surface area contributed by atoms with E-state index in [4.69, 9.17) is 0 Å². The van der Waals surface area contributed by atoms with Crippen molar-refractivity contribution in [2.45, 2.75) is 37.6 Å². The first-order chi connectivity index (χ1) is 12.7. The maximum Gasteiger partial charge on any atom is 0.222 e. The van der Waals surface area contributed by atoms with Crippen molar-refractivity contribution in [2.24, 2.45) is 0 Å². The zero-order chi connectivity index (χ0) is 18.4. The second-order valence-electron chi connectivity index (χ2n) is 7.26. The summed E-state index contributed by atoms with van der Waals surface area (Å²) in [6, 6.07) is 10.3. The first kappa shape index (κ1) is 18.9. The van der Waals surface area contributed by atoms with Crippen LogP contribution in [0.5, 0.6) is 0 Å². The monoisotopic (exact) mass is 359 g/mol. The molecule has 0 saturated carbocycles. The average Bonchev–Trinajstić information content (AvgIpc) is 3.04. The van der Waals surface area contributed by atoms with Crippen molar-refractivity contribution in [3.05, 3.63) is 35.9 Å². The van der Waals surface area contributed by atoms with Gasteiger partial charge in [-0.15, -0.1) is 0 Å². The molecule has 0 aliphatic carbocycles. The van der Waals surface area contributed by atoms with Gasteiger partial charge in [-0.3, -0.25) is 14.5 Å². The number of aliphatic hydroxyl groups is 1. The number of carbonyl (C=O) groups excluding carboxylic acids is 2. The summed E-state index contributed by atoms with van der Waals surface area (Å²) in [5, 5.41) is 12.4. The first-order valence-corrected chi connectivity index (χ1v) is 9.62. The van der Waals surface area contributed by atoms with Crippen LogP contribution in [0.15, 0.2) is 30.3 Å². The molecule has 3 rings (SSSR count). The van der Waals surface area contributed by atoms with Gasteiger partial charge in [-0.1, -0.05) is 30.3 Å². The smallest absolute Gasteiger partial charge is 0.222 e. The lowest BCUT2D eigenvalue weighted by Gasteiger charge is -2.27. The molecule has 0 radical (unpaired) electrons. The molecule has 2 aliphatic heterocycles. The molecule has 1 aromatic carbocycles. The molecule has 2 heterocycles. The van der Waals surface area contributed by atoms with Gasteiger partial charge in [0.2, 0.25) is 11.8 Å². The van der Waals surface area contributed by atoms with Crippen LogP contribution in [0, 0.1) is 0 Å². The summed E-state index contributed by atoms with van der Waals surface area (Å²) in [5.74, 6) is 0.393. The Morgan fingerprint density at radius 3 is 2.69 bits per heavy atom. The number of likely N-dealkylation sites (tertiary alicyclic amines) is 2. The Labute approximate surface area is 155 Å². The minimum Gasteiger partial charge on any atom is -0.395 e. The fourth-order valence-corrected chi connectivity index (χ4v) is 4.01. The Morgan fingerprint density at radius 2 is 1.96 bits per heavy atom. The highest BCUT2D eigenvalue weighted by Gasteiger charge is 2.34. The molecule has 2 aliphatic rings. The van der Waals surface area contributed by atoms with Crippen LogP contribution in [0.2, 0.25) is 0 Å². The molecular weight excluding hydrogens is 330 g/mol. The molecule has 26 heavy (non-hydrogen) atoms. The van der Waals surface area contributed by atoms with Gasteiger partial charge in [0.15, 0.2) is 0 Å². The predicted octanol–water partition coefficient (Wildman–Crippen LogP) is 0.966. The molecule has 2 amide bonds. The van der Waals surface area contributed by atoms with Gasteiger partial charge in [0.05, 0.1) is 6.61 Å². The van der Waals surface area contributed by atoms with E-state index in [-0.39, 0.29) is 30.4 Å². The number of aliphatic hydroxyl groups excluding tert-OH is 1. The average molecular weight is 359 g/mol. The Kier molecular flexibility index (Phi) is 6.63. The van der Waals surface area contributed by atoms with Crippen LogP contribution in [0.25, 0.3) is 0 Å². The van der Waals surface area contributed by atoms with E-state index in [0.717, 1.165) is 32.5 Å². The number of hydrogen-bond donors (Lipinski definition) is 2. The second kappa shape index (κ2) is 9.14. The number of rotatable bonds is 7. The minimum absolute atomic E-state index is 0.000142. The van der Waals surface area contributed by atoms with E-state index in [0.29, 0.717) is 25.9 Å². The van der Waals surface area contributed by atoms with Crippen molar-refractivity contribution in [3.63, 3.8) is 0 Å². The molecular formula is C20H29N3O3. The van der Waals surface area contributed by atoms with Crippen molar-refractivity contribution < 1.29 is 14.7 Å². The zero-order valence-corrected chi connectivity index (χ0v) is 15.3. The molecule has 2 atom stereocenters. The van der Waals surface area contributed by atoms with E-state index in [9.17, 15) is 14.7 Å². The van der Waals surface area contributed by atoms with E-state index in [1.807, 2.05) is 23.1 Å². The van der Waals surface area contributed by atoms with Crippen LogP contribution in [0.1, 0.15) is 37.2 Å². The third kappa shape index (κ3) is 4.83. The number of benzene rings is 1. The summed E-state index contributed by atoms with van der Waals surface area (Å²) in [5.41, 5.74) is 1.21. The first-order valence-electron chi connectivity index (χ1n) is 9.62. The fraction of sp³-hybridized carbons (Fsp3) is 0.600. The lowest BCUT2D eigenvalue weighted by atomic mass is 9.94. The van der Waals surface area contributed by atoms with Gasteiger partial charge in [-0.2, -0.15) is 0 Å². The normalized spacial score (nSPS) is 24.0. The largest absolute Gasteiger partial charge is 0.395 e. The van der Waals surface area contributed by atoms with Crippen LogP contribution in [0.4, 0.5) is 0 Å². The Morgan fingerprint density at radius 1 is 1.15 bits per heavy atom. The molecule has 2 N–H and O–H groups in total. The van der Waals surface area contributed by atoms with Crippen molar-refractivity contribution in [3.8, 4) is 0 Å². The number of β-amino-alcohol motifs (C(OH)–C–C–N with tert-alkyl or cyclic N) is 1. The summed E-state index contributed by atoms with van der Waals surface area (Å²) in [6.07, 6.45) is 2.95. The van der Waals surface area contributed by atoms with Gasteiger partial charge in [0.25, 0.3) is 0 Å². The molecule has 6 heteroatoms. The number of piperidine rings is 1. The summed E-state index contributed by atoms with van der Waals surface area (Å²) < 4.78 is 0. The van der Waals surface area contributed by atoms with E-state index in [1.54, 1.807) is 0 Å². The highest BCUT2D eigenvalue weighted by atomic mass is 16.3. The summed E-state index contributed by atoms with van der Waals surface area (Å²) in [7, 11) is 0. The van der Waals surface area contributed by atoms with E-state index < -0.39 is 0 Å². The number of hydrogen-bond acceptors (Lipinski definition) is 4. The lowest BCUT2D eigenvalue weighted by Crippen LogP contribution is -2.42. The van der Waals surface area contributed by atoms with Crippen molar-refractivity contribution in [2.75, 3.05) is 39.3 Å². The third-order valence-electron chi connectivity index (χ3n) is 5.42. The molecule has 0 bridgehead atoms. The van der Waals surface area contributed by atoms with Gasteiger partial charge in [0.1, 0.15) is 0 Å². The number of nitrogens with one attached hydrogen (secondary N) is 1. The van der Waals surface area contributed by atoms with Gasteiger partial charge in [-0.05, 0) is 18.4 Å². The molecule has 0 spiro atoms. The summed E-state index contributed by atoms with van der Waals surface area (Å²) in [4.78, 5) is 28.3. The summed E-state index contributed by atoms with van der Waals surface area (Å²) >= 11 is 0. The number of amides is 2. The maximum atomic E-state index is 12.5. The van der Waals surface area contributed by atoms with E-state index in [2.05, 4.69) is 22.3 Å². The van der Waals surface area contributed by atoms with Crippen LogP contribution in [0.3, 0.4) is 0 Å². The molecule has 6 nitrogen and oxygen atoms in total. The zero-order valence-electron chi connectivity index (χ0n) is 15.3. The molecule has 2 fully saturated rings. The molecule has 0 aromatic heterocycles. The van der Waals surface area contributed by atoms with Crippen LogP contribution in [-0.4, -0.2) is 72.1 Å². The predicted molar refractivity (Wildman–Crippen MR) is 99.7 cm³/mol. The standard InChI is InChI=1S/C20H29N3O3/c24-13-12-22-14-17(16-6-2-1-3-7-16)18(15-22)21-19(25)9-11-23-10-5-4-8-20(23)26/h1-3,6-7,17-18,24H,4-5,8-15H2,(H,21,25)/t17-,18+/m1/s1. The Balaban J connectivity index is 1.56. The Hall–Kier alpha value is -1.92. The molecule has 1 aromatic rings. The highest BCUT2D eigenvalue weighted by Crippen LogP contribution is 2.27. The van der Waals surface area contributed by atoms with Crippen molar-refractivity contribution >= 4 is 11.8 Å². The quantitative estimate of drug-likeness (QED) is 0.761. The summed E-state index contributed by atoms with van der Waals surface area (Å²) in [6.45, 7) is 3.60. The van der Waals surface area contributed by atoms with Crippen LogP contribution in [-0.2, 0) is 9.59 Å². The molecule has 0 unspecified atom stereocenters. The molecule has 142 valence electrons. The maximum absolute atomic E-state index is 12.5. The Bertz CT molecular complexity index is 608. The van der Waals surface area contributed by atoms with Crippen molar-refractivity contribution in [1.29, 1.82) is 0 Å². The van der Waals surface area contributed by atoms with Crippen molar-refractivity contribution in [1.82, 2.24) is 15.1 Å². The van der Waals surface area contributed by atoms with E-state index >= 15 is 0 Å². The topological polar surface area (TPSA) is 72.9 Å². The van der Waals surface area contributed by atoms with Gasteiger partial charge in [-0.25, -0.2) is 0 Å². The highest BCUT2D eigenvalue weighted by molar-refractivity contribution is 5.79. The second-order valence-corrected chi connectivity index (χ2v) is 7.26. The van der Waals surface area contributed by atoms with Crippen LogP contribution >= 0.6 is 0 Å². The number of nitrogens with zero attached hydrogens (tertiary/aromatic N) is 2. The van der Waals surface area contributed by atoms with Crippen LogP contribution < -0.4 is 5.32 Å². The number of carbonyl (C=O) groups is 2. The van der Waals surface area contributed by atoms with Gasteiger partial charge < -0.3 is 15.3 Å². The minimum atomic E-state index is 0.000142. The molecule has 2 saturated heterocycles. The SMILES string of the molecule is O=C(CCN1CCCCC1=O)N[C@H]1CN(CCO)C[C@@H]1c1ccccc1. The van der Waals surface area contributed by atoms with E-state index in [1.165, 1.54) is 5.56 Å². The lowest BCUT2D eigenvalue weighted by molar-refractivity contribution is -0.133. The third-order valence-corrected chi connectivity index (χ3v) is 5.42. The fourth-order valence-electron chi connectivity index (χ4n) is 4.01.